The van der Waals surface area contributed by atoms with Gasteiger partial charge in [0, 0.05) is 17.7 Å². The summed E-state index contributed by atoms with van der Waals surface area (Å²) in [5.74, 6) is 0.383. The third kappa shape index (κ3) is 5.07. The average Bonchev–Trinajstić information content (AvgIpc) is 3.19. The number of ether oxygens (including phenoxy) is 1. The first-order valence-electron chi connectivity index (χ1n) is 8.87. The Morgan fingerprint density at radius 3 is 2.41 bits per heavy atom. The quantitative estimate of drug-likeness (QED) is 0.618. The summed E-state index contributed by atoms with van der Waals surface area (Å²) in [4.78, 5) is 23.8. The van der Waals surface area contributed by atoms with Gasteiger partial charge >= 0.3 is 5.97 Å². The van der Waals surface area contributed by atoms with Gasteiger partial charge in [-0.15, -0.1) is 0 Å². The van der Waals surface area contributed by atoms with E-state index in [-0.39, 0.29) is 17.6 Å². The van der Waals surface area contributed by atoms with Gasteiger partial charge in [-0.2, -0.15) is 0 Å². The molecular weight excluding hydrogens is 342 g/mol. The Bertz CT molecular complexity index is 898. The molecule has 1 amide bonds. The minimum Gasteiger partial charge on any atom is -0.466 e. The number of amides is 1. The molecule has 1 heterocycles. The Labute approximate surface area is 158 Å². The number of aryl methyl sites for hydroxylation is 1. The summed E-state index contributed by atoms with van der Waals surface area (Å²) in [5, 5.41) is 2.81. The number of carbonyl (C=O) groups excluding carboxylic acids is 2. The zero-order valence-corrected chi connectivity index (χ0v) is 15.1. The van der Waals surface area contributed by atoms with Gasteiger partial charge in [0.05, 0.1) is 6.61 Å². The Morgan fingerprint density at radius 1 is 0.963 bits per heavy atom. The van der Waals surface area contributed by atoms with E-state index in [0.29, 0.717) is 30.9 Å². The minimum atomic E-state index is -0.309. The van der Waals surface area contributed by atoms with Crippen molar-refractivity contribution in [1.82, 2.24) is 0 Å². The molecule has 0 fully saturated rings. The van der Waals surface area contributed by atoms with Crippen LogP contribution in [-0.4, -0.2) is 18.5 Å². The molecular formula is C22H21NO4. The van der Waals surface area contributed by atoms with Crippen molar-refractivity contribution in [3.05, 3.63) is 78.1 Å². The molecule has 2 aromatic carbocycles. The molecule has 0 saturated heterocycles. The molecule has 0 bridgehead atoms. The first-order valence-corrected chi connectivity index (χ1v) is 8.87. The molecule has 0 aliphatic carbocycles. The summed E-state index contributed by atoms with van der Waals surface area (Å²) in [7, 11) is 0. The van der Waals surface area contributed by atoms with Crippen molar-refractivity contribution in [3.63, 3.8) is 0 Å². The third-order valence-electron chi connectivity index (χ3n) is 4.02. The van der Waals surface area contributed by atoms with Crippen molar-refractivity contribution in [1.29, 1.82) is 0 Å². The zero-order chi connectivity index (χ0) is 19.1. The van der Waals surface area contributed by atoms with Crippen molar-refractivity contribution in [2.75, 3.05) is 11.9 Å². The lowest BCUT2D eigenvalue weighted by Crippen LogP contribution is -2.10. The highest BCUT2D eigenvalue weighted by Gasteiger charge is 2.12. The van der Waals surface area contributed by atoms with Crippen LogP contribution < -0.4 is 5.32 Å². The molecule has 5 nitrogen and oxygen atoms in total. The second-order valence-corrected chi connectivity index (χ2v) is 5.99. The van der Waals surface area contributed by atoms with Crippen molar-refractivity contribution >= 4 is 17.6 Å². The molecule has 0 atom stereocenters. The van der Waals surface area contributed by atoms with Gasteiger partial charge in [-0.1, -0.05) is 42.5 Å². The molecule has 27 heavy (non-hydrogen) atoms. The van der Waals surface area contributed by atoms with E-state index in [1.807, 2.05) is 42.5 Å². The number of hydrogen-bond acceptors (Lipinski definition) is 4. The van der Waals surface area contributed by atoms with Gasteiger partial charge in [0.2, 0.25) is 0 Å². The van der Waals surface area contributed by atoms with E-state index in [2.05, 4.69) is 5.32 Å². The summed E-state index contributed by atoms with van der Waals surface area (Å²) < 4.78 is 10.6. The van der Waals surface area contributed by atoms with Crippen LogP contribution in [0.25, 0.3) is 11.3 Å². The lowest BCUT2D eigenvalue weighted by Gasteiger charge is -2.06. The molecule has 5 heteroatoms. The molecule has 0 unspecified atom stereocenters. The lowest BCUT2D eigenvalue weighted by atomic mass is 10.1. The lowest BCUT2D eigenvalue weighted by molar-refractivity contribution is -0.143. The highest BCUT2D eigenvalue weighted by atomic mass is 16.5. The van der Waals surface area contributed by atoms with Gasteiger partial charge in [0.1, 0.15) is 5.76 Å². The molecule has 0 aliphatic rings. The number of furan rings is 1. The van der Waals surface area contributed by atoms with Gasteiger partial charge in [0.25, 0.3) is 5.91 Å². The highest BCUT2D eigenvalue weighted by Crippen LogP contribution is 2.22. The van der Waals surface area contributed by atoms with E-state index in [4.69, 9.17) is 9.15 Å². The first-order chi connectivity index (χ1) is 13.2. The fourth-order valence-electron chi connectivity index (χ4n) is 2.64. The van der Waals surface area contributed by atoms with Crippen LogP contribution in [0.15, 0.2) is 71.1 Å². The molecule has 138 valence electrons. The van der Waals surface area contributed by atoms with Crippen LogP contribution in [0.1, 0.15) is 29.5 Å². The summed E-state index contributed by atoms with van der Waals surface area (Å²) in [5.41, 5.74) is 2.59. The van der Waals surface area contributed by atoms with Crippen molar-refractivity contribution < 1.29 is 18.7 Å². The number of carbonyl (C=O) groups is 2. The number of esters is 1. The van der Waals surface area contributed by atoms with E-state index in [0.717, 1.165) is 11.1 Å². The molecule has 3 aromatic rings. The average molecular weight is 363 g/mol. The maximum Gasteiger partial charge on any atom is 0.306 e. The Balaban J connectivity index is 1.58. The van der Waals surface area contributed by atoms with Crippen molar-refractivity contribution in [2.45, 2.75) is 19.8 Å². The maximum absolute atomic E-state index is 12.4. The standard InChI is InChI=1S/C22H21NO4/c1-2-26-21(24)15-10-16-8-11-18(12-9-16)23-22(25)20-14-13-19(27-20)17-6-4-3-5-7-17/h3-9,11-14H,2,10,15H2,1H3,(H,23,25). The molecule has 1 N–H and O–H groups in total. The van der Waals surface area contributed by atoms with Crippen LogP contribution in [0.3, 0.4) is 0 Å². The molecule has 0 spiro atoms. The largest absolute Gasteiger partial charge is 0.466 e. The van der Waals surface area contributed by atoms with Gasteiger partial charge in [-0.05, 0) is 43.2 Å². The van der Waals surface area contributed by atoms with Crippen molar-refractivity contribution in [3.8, 4) is 11.3 Å². The predicted octanol–water partition coefficient (Wildman–Crippen LogP) is 4.69. The van der Waals surface area contributed by atoms with Crippen LogP contribution in [0.4, 0.5) is 5.69 Å². The monoisotopic (exact) mass is 363 g/mol. The molecule has 1 aromatic heterocycles. The van der Waals surface area contributed by atoms with Crippen LogP contribution in [-0.2, 0) is 16.0 Å². The van der Waals surface area contributed by atoms with Crippen LogP contribution in [0.2, 0.25) is 0 Å². The predicted molar refractivity (Wildman–Crippen MR) is 103 cm³/mol. The summed E-state index contributed by atoms with van der Waals surface area (Å²) in [6.45, 7) is 2.18. The summed E-state index contributed by atoms with van der Waals surface area (Å²) >= 11 is 0. The molecule has 0 radical (unpaired) electrons. The minimum absolute atomic E-state index is 0.207. The molecule has 3 rings (SSSR count). The van der Waals surface area contributed by atoms with E-state index in [9.17, 15) is 9.59 Å². The number of benzene rings is 2. The third-order valence-corrected chi connectivity index (χ3v) is 4.02. The fraction of sp³-hybridized carbons (Fsp3) is 0.182. The number of nitrogens with one attached hydrogen (secondary N) is 1. The summed E-state index contributed by atoms with van der Waals surface area (Å²) in [6, 6.07) is 20.4. The number of anilines is 1. The SMILES string of the molecule is CCOC(=O)CCc1ccc(NC(=O)c2ccc(-c3ccccc3)o2)cc1. The van der Waals surface area contributed by atoms with Crippen LogP contribution >= 0.6 is 0 Å². The van der Waals surface area contributed by atoms with E-state index in [1.165, 1.54) is 0 Å². The normalized spacial score (nSPS) is 10.4. The van der Waals surface area contributed by atoms with E-state index >= 15 is 0 Å². The van der Waals surface area contributed by atoms with E-state index in [1.54, 1.807) is 31.2 Å². The van der Waals surface area contributed by atoms with Crippen LogP contribution in [0.5, 0.6) is 0 Å². The number of hydrogen-bond donors (Lipinski definition) is 1. The second-order valence-electron chi connectivity index (χ2n) is 5.99. The molecule has 0 aliphatic heterocycles. The number of rotatable bonds is 7. The maximum atomic E-state index is 12.4. The van der Waals surface area contributed by atoms with Crippen molar-refractivity contribution in [2.24, 2.45) is 0 Å². The van der Waals surface area contributed by atoms with Gasteiger partial charge < -0.3 is 14.5 Å². The first kappa shape index (κ1) is 18.5. The van der Waals surface area contributed by atoms with Crippen LogP contribution in [0, 0.1) is 0 Å². The second kappa shape index (κ2) is 8.85. The van der Waals surface area contributed by atoms with Gasteiger partial charge in [-0.25, -0.2) is 0 Å². The van der Waals surface area contributed by atoms with Gasteiger partial charge in [-0.3, -0.25) is 9.59 Å². The Kier molecular flexibility index (Phi) is 6.05. The zero-order valence-electron chi connectivity index (χ0n) is 15.1. The molecule has 0 saturated carbocycles. The van der Waals surface area contributed by atoms with E-state index < -0.39 is 0 Å². The summed E-state index contributed by atoms with van der Waals surface area (Å²) in [6.07, 6.45) is 0.944. The topological polar surface area (TPSA) is 68.5 Å². The van der Waals surface area contributed by atoms with Gasteiger partial charge in [0.15, 0.2) is 5.76 Å². The smallest absolute Gasteiger partial charge is 0.306 e. The Hall–Kier alpha value is -3.34. The highest BCUT2D eigenvalue weighted by molar-refractivity contribution is 6.02. The Morgan fingerprint density at radius 2 is 1.70 bits per heavy atom. The fourth-order valence-corrected chi connectivity index (χ4v) is 2.64.